The highest BCUT2D eigenvalue weighted by Crippen LogP contribution is 1.96. The van der Waals surface area contributed by atoms with Gasteiger partial charge >= 0.3 is 0 Å². The molecular formula is C11H15N2O. The highest BCUT2D eigenvalue weighted by Gasteiger charge is 2.01. The molecule has 75 valence electrons. The number of hydrogen-bond acceptors (Lipinski definition) is 2. The highest BCUT2D eigenvalue weighted by atomic mass is 16.1. The molecule has 0 aliphatic heterocycles. The molecule has 0 fully saturated rings. The van der Waals surface area contributed by atoms with E-state index >= 15 is 0 Å². The first-order valence-corrected chi connectivity index (χ1v) is 4.73. The van der Waals surface area contributed by atoms with Crippen molar-refractivity contribution in [1.29, 1.82) is 0 Å². The Bertz CT molecular complexity index is 272. The van der Waals surface area contributed by atoms with Crippen LogP contribution >= 0.6 is 0 Å². The summed E-state index contributed by atoms with van der Waals surface area (Å²) in [6.45, 7) is 1.63. The second kappa shape index (κ2) is 6.16. The molecule has 0 bridgehead atoms. The Morgan fingerprint density at radius 1 is 1.36 bits per heavy atom. The predicted octanol–water partition coefficient (Wildman–Crippen LogP) is 0.826. The Kier molecular flexibility index (Phi) is 4.72. The van der Waals surface area contributed by atoms with Gasteiger partial charge in [0, 0.05) is 12.1 Å². The number of benzene rings is 1. The predicted molar refractivity (Wildman–Crippen MR) is 56.2 cm³/mol. The molecule has 1 aromatic carbocycles. The normalized spacial score (nSPS) is 9.79. The lowest BCUT2D eigenvalue weighted by Crippen LogP contribution is -2.26. The van der Waals surface area contributed by atoms with Crippen LogP contribution in [0.4, 0.5) is 0 Å². The molecular weight excluding hydrogens is 176 g/mol. The van der Waals surface area contributed by atoms with Crippen molar-refractivity contribution >= 4 is 5.91 Å². The molecule has 14 heavy (non-hydrogen) atoms. The van der Waals surface area contributed by atoms with Gasteiger partial charge in [-0.1, -0.05) is 12.1 Å². The van der Waals surface area contributed by atoms with Crippen LogP contribution in [-0.2, 0) is 0 Å². The van der Waals surface area contributed by atoms with Gasteiger partial charge in [0.25, 0.3) is 5.91 Å². The number of carbonyl (C=O) groups is 1. The summed E-state index contributed by atoms with van der Waals surface area (Å²) in [7, 11) is 1.90. The Labute approximate surface area is 84.5 Å². The second-order valence-electron chi connectivity index (χ2n) is 3.00. The van der Waals surface area contributed by atoms with Crippen molar-refractivity contribution in [3.05, 3.63) is 35.9 Å². The molecule has 0 aromatic heterocycles. The molecule has 3 heteroatoms. The summed E-state index contributed by atoms with van der Waals surface area (Å²) < 4.78 is 0. The van der Waals surface area contributed by atoms with E-state index in [0.29, 0.717) is 12.1 Å². The molecule has 3 nitrogen and oxygen atoms in total. The van der Waals surface area contributed by atoms with Crippen LogP contribution in [0.15, 0.2) is 24.3 Å². The van der Waals surface area contributed by atoms with Crippen molar-refractivity contribution in [3.8, 4) is 0 Å². The van der Waals surface area contributed by atoms with Crippen LogP contribution in [0.2, 0.25) is 0 Å². The zero-order valence-electron chi connectivity index (χ0n) is 8.34. The molecule has 0 spiro atoms. The molecule has 0 saturated heterocycles. The van der Waals surface area contributed by atoms with Crippen molar-refractivity contribution in [2.24, 2.45) is 0 Å². The third-order valence-corrected chi connectivity index (χ3v) is 1.87. The summed E-state index contributed by atoms with van der Waals surface area (Å²) in [5, 5.41) is 5.87. The van der Waals surface area contributed by atoms with Crippen LogP contribution in [0.25, 0.3) is 0 Å². The van der Waals surface area contributed by atoms with Gasteiger partial charge in [0.15, 0.2) is 0 Å². The highest BCUT2D eigenvalue weighted by molar-refractivity contribution is 5.94. The lowest BCUT2D eigenvalue weighted by molar-refractivity contribution is 0.0953. The summed E-state index contributed by atoms with van der Waals surface area (Å²) in [5.41, 5.74) is 0.688. The topological polar surface area (TPSA) is 41.1 Å². The average molecular weight is 191 g/mol. The zero-order chi connectivity index (χ0) is 10.2. The van der Waals surface area contributed by atoms with Crippen LogP contribution in [-0.4, -0.2) is 26.0 Å². The molecule has 0 aliphatic carbocycles. The Morgan fingerprint density at radius 2 is 2.07 bits per heavy atom. The molecule has 0 aliphatic rings. The summed E-state index contributed by atoms with van der Waals surface area (Å²) in [4.78, 5) is 11.5. The maximum Gasteiger partial charge on any atom is 0.251 e. The van der Waals surface area contributed by atoms with E-state index in [1.165, 1.54) is 0 Å². The fourth-order valence-electron chi connectivity index (χ4n) is 1.11. The number of hydrogen-bond donors (Lipinski definition) is 2. The van der Waals surface area contributed by atoms with Gasteiger partial charge in [-0.2, -0.15) is 0 Å². The smallest absolute Gasteiger partial charge is 0.251 e. The maximum atomic E-state index is 11.5. The minimum atomic E-state index is -0.0184. The number of nitrogens with one attached hydrogen (secondary N) is 2. The van der Waals surface area contributed by atoms with Gasteiger partial charge < -0.3 is 10.6 Å². The second-order valence-corrected chi connectivity index (χ2v) is 3.00. The summed E-state index contributed by atoms with van der Waals surface area (Å²) in [6.07, 6.45) is 0.946. The first kappa shape index (κ1) is 10.7. The largest absolute Gasteiger partial charge is 0.352 e. The van der Waals surface area contributed by atoms with E-state index in [2.05, 4.69) is 16.7 Å². The molecule has 2 N–H and O–H groups in total. The van der Waals surface area contributed by atoms with E-state index < -0.39 is 0 Å². The van der Waals surface area contributed by atoms with E-state index in [4.69, 9.17) is 0 Å². The number of amides is 1. The van der Waals surface area contributed by atoms with Crippen LogP contribution in [0.1, 0.15) is 16.8 Å². The van der Waals surface area contributed by atoms with Crippen LogP contribution in [0.3, 0.4) is 0 Å². The van der Waals surface area contributed by atoms with Gasteiger partial charge in [-0.25, -0.2) is 0 Å². The van der Waals surface area contributed by atoms with Gasteiger partial charge in [-0.05, 0) is 38.2 Å². The van der Waals surface area contributed by atoms with E-state index in [-0.39, 0.29) is 5.91 Å². The fourth-order valence-corrected chi connectivity index (χ4v) is 1.11. The van der Waals surface area contributed by atoms with Crippen molar-refractivity contribution < 1.29 is 4.79 Å². The van der Waals surface area contributed by atoms with Crippen LogP contribution in [0.5, 0.6) is 0 Å². The van der Waals surface area contributed by atoms with Crippen molar-refractivity contribution in [2.45, 2.75) is 6.42 Å². The third kappa shape index (κ3) is 3.58. The quantitative estimate of drug-likeness (QED) is 0.677. The summed E-state index contributed by atoms with van der Waals surface area (Å²) >= 11 is 0. The van der Waals surface area contributed by atoms with Crippen molar-refractivity contribution in [2.75, 3.05) is 20.1 Å². The first-order chi connectivity index (χ1) is 6.84. The molecule has 0 unspecified atom stereocenters. The first-order valence-electron chi connectivity index (χ1n) is 4.73. The minimum Gasteiger partial charge on any atom is -0.352 e. The maximum absolute atomic E-state index is 11.5. The van der Waals surface area contributed by atoms with E-state index in [1.807, 2.05) is 7.05 Å². The lowest BCUT2D eigenvalue weighted by atomic mass is 10.2. The zero-order valence-corrected chi connectivity index (χ0v) is 8.34. The molecule has 1 rings (SSSR count). The summed E-state index contributed by atoms with van der Waals surface area (Å²) in [6, 6.07) is 9.87. The summed E-state index contributed by atoms with van der Waals surface area (Å²) in [5.74, 6) is -0.0184. The standard InChI is InChI=1S/C11H15N2O/c1-12-8-5-9-13-11(14)10-6-3-2-4-7-10/h3-4,6-7,12H,5,8-9H2,1H3,(H,13,14). The van der Waals surface area contributed by atoms with Gasteiger partial charge in [0.2, 0.25) is 0 Å². The number of carbonyl (C=O) groups excluding carboxylic acids is 1. The lowest BCUT2D eigenvalue weighted by Gasteiger charge is -2.04. The van der Waals surface area contributed by atoms with Crippen molar-refractivity contribution in [1.82, 2.24) is 10.6 Å². The third-order valence-electron chi connectivity index (χ3n) is 1.87. The Hall–Kier alpha value is -1.35. The van der Waals surface area contributed by atoms with Crippen molar-refractivity contribution in [3.63, 3.8) is 0 Å². The van der Waals surface area contributed by atoms with Gasteiger partial charge in [-0.3, -0.25) is 4.79 Å². The molecule has 1 aromatic rings. The number of rotatable bonds is 5. The van der Waals surface area contributed by atoms with Crippen LogP contribution < -0.4 is 10.6 Å². The molecule has 0 atom stereocenters. The van der Waals surface area contributed by atoms with Gasteiger partial charge in [0.1, 0.15) is 0 Å². The fraction of sp³-hybridized carbons (Fsp3) is 0.364. The molecule has 1 radical (unpaired) electrons. The SMILES string of the molecule is CNCCCNC(=O)c1cc[c]cc1. The average Bonchev–Trinajstić information content (AvgIpc) is 2.25. The minimum absolute atomic E-state index is 0.0184. The molecule has 0 saturated carbocycles. The Balaban J connectivity index is 2.29. The molecule has 0 heterocycles. The van der Waals surface area contributed by atoms with Crippen LogP contribution in [0, 0.1) is 6.07 Å². The Morgan fingerprint density at radius 3 is 2.71 bits per heavy atom. The monoisotopic (exact) mass is 191 g/mol. The van der Waals surface area contributed by atoms with Gasteiger partial charge in [0.05, 0.1) is 0 Å². The van der Waals surface area contributed by atoms with E-state index in [0.717, 1.165) is 13.0 Å². The molecule has 1 amide bonds. The van der Waals surface area contributed by atoms with E-state index in [9.17, 15) is 4.79 Å². The van der Waals surface area contributed by atoms with E-state index in [1.54, 1.807) is 24.3 Å². The van der Waals surface area contributed by atoms with Gasteiger partial charge in [-0.15, -0.1) is 0 Å².